The first-order chi connectivity index (χ1) is 10.0. The van der Waals surface area contributed by atoms with E-state index in [2.05, 4.69) is 19.1 Å². The van der Waals surface area contributed by atoms with Crippen LogP contribution in [0.1, 0.15) is 41.9 Å². The summed E-state index contributed by atoms with van der Waals surface area (Å²) in [5.74, 6) is 1.67. The van der Waals surface area contributed by atoms with Gasteiger partial charge in [0.15, 0.2) is 0 Å². The SMILES string of the molecule is Cc1ccc(CN(C)C(=O)C2CC3CCCC(C2)C3N)s1.Cl. The van der Waals surface area contributed by atoms with Crippen LogP contribution in [0.5, 0.6) is 0 Å². The maximum absolute atomic E-state index is 12.7. The van der Waals surface area contributed by atoms with Gasteiger partial charge in [-0.05, 0) is 56.6 Å². The maximum Gasteiger partial charge on any atom is 0.225 e. The summed E-state index contributed by atoms with van der Waals surface area (Å²) in [7, 11) is 1.95. The third kappa shape index (κ3) is 3.66. The fraction of sp³-hybridized carbons (Fsp3) is 0.706. The molecule has 124 valence electrons. The molecule has 2 unspecified atom stereocenters. The molecular formula is C17H27ClN2OS. The van der Waals surface area contributed by atoms with Crippen LogP contribution < -0.4 is 5.73 Å². The molecule has 2 bridgehead atoms. The maximum atomic E-state index is 12.7. The normalized spacial score (nSPS) is 30.5. The molecule has 22 heavy (non-hydrogen) atoms. The van der Waals surface area contributed by atoms with Gasteiger partial charge in [-0.25, -0.2) is 0 Å². The summed E-state index contributed by atoms with van der Waals surface area (Å²) in [6.45, 7) is 2.86. The summed E-state index contributed by atoms with van der Waals surface area (Å²) in [5, 5.41) is 0. The summed E-state index contributed by atoms with van der Waals surface area (Å²) in [6.07, 6.45) is 5.74. The van der Waals surface area contributed by atoms with Crippen molar-refractivity contribution < 1.29 is 4.79 Å². The first kappa shape index (κ1) is 17.8. The zero-order chi connectivity index (χ0) is 15.0. The number of nitrogens with two attached hydrogens (primary N) is 1. The molecule has 1 aromatic rings. The fourth-order valence-corrected chi connectivity index (χ4v) is 5.13. The number of halogens is 1. The number of carbonyl (C=O) groups excluding carboxylic acids is 1. The predicted molar refractivity (Wildman–Crippen MR) is 94.3 cm³/mol. The van der Waals surface area contributed by atoms with Gasteiger partial charge in [-0.15, -0.1) is 23.7 Å². The highest BCUT2D eigenvalue weighted by atomic mass is 35.5. The van der Waals surface area contributed by atoms with Crippen molar-refractivity contribution in [1.82, 2.24) is 4.90 Å². The number of hydrogen-bond acceptors (Lipinski definition) is 3. The molecule has 1 aromatic heterocycles. The Balaban J connectivity index is 0.00000176. The van der Waals surface area contributed by atoms with Crippen LogP contribution in [-0.2, 0) is 11.3 Å². The first-order valence-corrected chi connectivity index (χ1v) is 8.92. The molecule has 2 fully saturated rings. The number of hydrogen-bond donors (Lipinski definition) is 1. The van der Waals surface area contributed by atoms with Crippen molar-refractivity contribution in [1.29, 1.82) is 0 Å². The van der Waals surface area contributed by atoms with E-state index >= 15 is 0 Å². The average Bonchev–Trinajstić information content (AvgIpc) is 2.83. The monoisotopic (exact) mass is 342 g/mol. The molecule has 0 spiro atoms. The van der Waals surface area contributed by atoms with Gasteiger partial charge in [0, 0.05) is 28.8 Å². The summed E-state index contributed by atoms with van der Waals surface area (Å²) >= 11 is 1.78. The lowest BCUT2D eigenvalue weighted by atomic mass is 9.65. The molecule has 2 aliphatic carbocycles. The number of rotatable bonds is 3. The molecule has 0 radical (unpaired) electrons. The van der Waals surface area contributed by atoms with Gasteiger partial charge in [0.05, 0.1) is 6.54 Å². The largest absolute Gasteiger partial charge is 0.340 e. The molecule has 0 aromatic carbocycles. The lowest BCUT2D eigenvalue weighted by Gasteiger charge is -2.44. The van der Waals surface area contributed by atoms with Gasteiger partial charge in [-0.3, -0.25) is 4.79 Å². The van der Waals surface area contributed by atoms with Crippen LogP contribution in [0.3, 0.4) is 0 Å². The second kappa shape index (κ2) is 7.33. The van der Waals surface area contributed by atoms with Crippen molar-refractivity contribution in [2.24, 2.45) is 23.5 Å². The lowest BCUT2D eigenvalue weighted by molar-refractivity contribution is -0.137. The van der Waals surface area contributed by atoms with Crippen LogP contribution in [-0.4, -0.2) is 23.9 Å². The summed E-state index contributed by atoms with van der Waals surface area (Å²) in [5.41, 5.74) is 6.33. The molecule has 5 heteroatoms. The topological polar surface area (TPSA) is 46.3 Å². The van der Waals surface area contributed by atoms with E-state index in [4.69, 9.17) is 5.73 Å². The van der Waals surface area contributed by atoms with E-state index < -0.39 is 0 Å². The first-order valence-electron chi connectivity index (χ1n) is 8.10. The Kier molecular flexibility index (Phi) is 5.92. The van der Waals surface area contributed by atoms with Crippen molar-refractivity contribution in [2.45, 2.75) is 51.6 Å². The second-order valence-electron chi connectivity index (χ2n) is 6.90. The van der Waals surface area contributed by atoms with Crippen LogP contribution in [0.15, 0.2) is 12.1 Å². The van der Waals surface area contributed by atoms with Gasteiger partial charge in [-0.2, -0.15) is 0 Å². The van der Waals surface area contributed by atoms with E-state index in [9.17, 15) is 4.79 Å². The molecule has 0 aliphatic heterocycles. The van der Waals surface area contributed by atoms with Gasteiger partial charge in [0.1, 0.15) is 0 Å². The quantitative estimate of drug-likeness (QED) is 0.912. The standard InChI is InChI=1S/C17H26N2OS.ClH/c1-11-6-7-15(21-11)10-19(2)17(20)14-8-12-4-3-5-13(9-14)16(12)18;/h6-7,12-14,16H,3-5,8-10,18H2,1-2H3;1H. The Bertz CT molecular complexity index is 505. The zero-order valence-corrected chi connectivity index (χ0v) is 15.1. The summed E-state index contributed by atoms with van der Waals surface area (Å²) in [4.78, 5) is 17.2. The smallest absolute Gasteiger partial charge is 0.225 e. The highest BCUT2D eigenvalue weighted by Gasteiger charge is 2.41. The van der Waals surface area contributed by atoms with Gasteiger partial charge in [0.25, 0.3) is 0 Å². The Morgan fingerprint density at radius 1 is 1.32 bits per heavy atom. The lowest BCUT2D eigenvalue weighted by Crippen LogP contribution is -2.49. The predicted octanol–water partition coefficient (Wildman–Crippen LogP) is 3.59. The molecule has 2 saturated carbocycles. The average molecular weight is 343 g/mol. The molecule has 0 saturated heterocycles. The van der Waals surface area contributed by atoms with Gasteiger partial charge in [0.2, 0.25) is 5.91 Å². The van der Waals surface area contributed by atoms with Crippen molar-refractivity contribution in [3.8, 4) is 0 Å². The molecule has 2 N–H and O–H groups in total. The molecule has 1 heterocycles. The molecular weight excluding hydrogens is 316 g/mol. The van der Waals surface area contributed by atoms with Crippen LogP contribution in [0, 0.1) is 24.7 Å². The summed E-state index contributed by atoms with van der Waals surface area (Å²) in [6, 6.07) is 4.60. The van der Waals surface area contributed by atoms with Crippen LogP contribution in [0.2, 0.25) is 0 Å². The Morgan fingerprint density at radius 2 is 1.95 bits per heavy atom. The van der Waals surface area contributed by atoms with Crippen LogP contribution >= 0.6 is 23.7 Å². The van der Waals surface area contributed by atoms with Gasteiger partial charge < -0.3 is 10.6 Å². The Morgan fingerprint density at radius 3 is 2.50 bits per heavy atom. The number of carbonyl (C=O) groups is 1. The van der Waals surface area contributed by atoms with Crippen molar-refractivity contribution in [3.05, 3.63) is 21.9 Å². The van der Waals surface area contributed by atoms with Crippen molar-refractivity contribution in [3.63, 3.8) is 0 Å². The minimum atomic E-state index is 0. The highest BCUT2D eigenvalue weighted by molar-refractivity contribution is 7.11. The highest BCUT2D eigenvalue weighted by Crippen LogP contribution is 2.42. The molecule has 3 rings (SSSR count). The number of thiophene rings is 1. The molecule has 2 aliphatic rings. The summed E-state index contributed by atoms with van der Waals surface area (Å²) < 4.78 is 0. The second-order valence-corrected chi connectivity index (χ2v) is 8.28. The van der Waals surface area contributed by atoms with Crippen LogP contribution in [0.25, 0.3) is 0 Å². The van der Waals surface area contributed by atoms with E-state index in [1.807, 2.05) is 11.9 Å². The van der Waals surface area contributed by atoms with E-state index in [0.29, 0.717) is 23.8 Å². The van der Waals surface area contributed by atoms with E-state index in [1.54, 1.807) is 11.3 Å². The third-order valence-corrected chi connectivity index (χ3v) is 6.31. The van der Waals surface area contributed by atoms with Gasteiger partial charge >= 0.3 is 0 Å². The Labute approximate surface area is 143 Å². The zero-order valence-electron chi connectivity index (χ0n) is 13.5. The van der Waals surface area contributed by atoms with E-state index in [0.717, 1.165) is 19.4 Å². The van der Waals surface area contributed by atoms with E-state index in [1.165, 1.54) is 29.0 Å². The fourth-order valence-electron chi connectivity index (χ4n) is 4.18. The number of fused-ring (bicyclic) bond motifs is 2. The van der Waals surface area contributed by atoms with Crippen molar-refractivity contribution in [2.75, 3.05) is 7.05 Å². The Hall–Kier alpha value is -0.580. The molecule has 3 nitrogen and oxygen atoms in total. The molecule has 2 atom stereocenters. The minimum Gasteiger partial charge on any atom is -0.340 e. The minimum absolute atomic E-state index is 0. The van der Waals surface area contributed by atoms with Crippen LogP contribution in [0.4, 0.5) is 0 Å². The van der Waals surface area contributed by atoms with E-state index in [-0.39, 0.29) is 18.3 Å². The third-order valence-electron chi connectivity index (χ3n) is 5.33. The van der Waals surface area contributed by atoms with Crippen molar-refractivity contribution >= 4 is 29.7 Å². The number of nitrogens with zero attached hydrogens (tertiary/aromatic N) is 1. The molecule has 1 amide bonds. The number of amides is 1. The number of aryl methyl sites for hydroxylation is 1. The van der Waals surface area contributed by atoms with Gasteiger partial charge in [-0.1, -0.05) is 6.42 Å².